The number of nitrogens with zero attached hydrogens (tertiary/aromatic N) is 1. The number of nitrogens with two attached hydrogens (primary N) is 1. The first-order valence-electron chi connectivity index (χ1n) is 5.61. The Kier molecular flexibility index (Phi) is 3.58. The fraction of sp³-hybridized carbons (Fsp3) is 0.143. The Labute approximate surface area is 105 Å². The third-order valence-electron chi connectivity index (χ3n) is 2.87. The molecule has 0 fully saturated rings. The van der Waals surface area contributed by atoms with E-state index in [1.807, 2.05) is 0 Å². The van der Waals surface area contributed by atoms with Crippen molar-refractivity contribution >= 4 is 11.4 Å². The lowest BCUT2D eigenvalue weighted by Gasteiger charge is -2.23. The number of para-hydroxylation sites is 1. The number of rotatable bonds is 3. The minimum Gasteiger partial charge on any atom is -0.342 e. The molecule has 0 aromatic heterocycles. The van der Waals surface area contributed by atoms with Gasteiger partial charge in [-0.15, -0.1) is 0 Å². The van der Waals surface area contributed by atoms with Gasteiger partial charge in [0.2, 0.25) is 0 Å². The molecule has 0 saturated carbocycles. The van der Waals surface area contributed by atoms with Crippen molar-refractivity contribution in [3.63, 3.8) is 0 Å². The second kappa shape index (κ2) is 5.14. The number of halogens is 2. The predicted molar refractivity (Wildman–Crippen MR) is 68.8 cm³/mol. The van der Waals surface area contributed by atoms with Crippen molar-refractivity contribution in [2.45, 2.75) is 6.54 Å². The second-order valence-corrected chi connectivity index (χ2v) is 3.95. The number of anilines is 2. The van der Waals surface area contributed by atoms with Gasteiger partial charge >= 0.3 is 0 Å². The molecule has 0 heterocycles. The van der Waals surface area contributed by atoms with E-state index in [0.29, 0.717) is 16.9 Å². The van der Waals surface area contributed by atoms with E-state index in [2.05, 4.69) is 0 Å². The molecule has 2 aromatic carbocycles. The predicted octanol–water partition coefficient (Wildman–Crippen LogP) is 3.19. The van der Waals surface area contributed by atoms with Gasteiger partial charge in [0, 0.05) is 24.8 Å². The van der Waals surface area contributed by atoms with Gasteiger partial charge in [-0.1, -0.05) is 18.2 Å². The van der Waals surface area contributed by atoms with Crippen molar-refractivity contribution in [3.05, 3.63) is 59.7 Å². The minimum atomic E-state index is -0.377. The van der Waals surface area contributed by atoms with E-state index in [1.165, 1.54) is 12.1 Å². The summed E-state index contributed by atoms with van der Waals surface area (Å²) in [5, 5.41) is 0. The Morgan fingerprint density at radius 2 is 1.56 bits per heavy atom. The van der Waals surface area contributed by atoms with Gasteiger partial charge in [-0.2, -0.15) is 0 Å². The summed E-state index contributed by atoms with van der Waals surface area (Å²) < 4.78 is 27.3. The Balaban J connectivity index is 2.50. The second-order valence-electron chi connectivity index (χ2n) is 3.95. The zero-order valence-electron chi connectivity index (χ0n) is 10.0. The molecule has 18 heavy (non-hydrogen) atoms. The normalized spacial score (nSPS) is 10.4. The average molecular weight is 248 g/mol. The zero-order valence-corrected chi connectivity index (χ0v) is 10.0. The fourth-order valence-electron chi connectivity index (χ4n) is 1.92. The molecule has 2 nitrogen and oxygen atoms in total. The largest absolute Gasteiger partial charge is 0.342 e. The zero-order chi connectivity index (χ0) is 13.1. The van der Waals surface area contributed by atoms with Gasteiger partial charge in [-0.05, 0) is 24.3 Å². The van der Waals surface area contributed by atoms with Crippen LogP contribution in [0.25, 0.3) is 0 Å². The lowest BCUT2D eigenvalue weighted by Crippen LogP contribution is -2.15. The van der Waals surface area contributed by atoms with E-state index >= 15 is 0 Å². The molecule has 0 aliphatic rings. The molecule has 0 aliphatic carbocycles. The van der Waals surface area contributed by atoms with Crippen LogP contribution in [0.15, 0.2) is 42.5 Å². The summed E-state index contributed by atoms with van der Waals surface area (Å²) in [5.74, 6) is -0.731. The first kappa shape index (κ1) is 12.5. The van der Waals surface area contributed by atoms with Gasteiger partial charge in [-0.3, -0.25) is 0 Å². The highest BCUT2D eigenvalue weighted by Crippen LogP contribution is 2.29. The van der Waals surface area contributed by atoms with Crippen LogP contribution in [0.2, 0.25) is 0 Å². The van der Waals surface area contributed by atoms with E-state index in [4.69, 9.17) is 5.73 Å². The van der Waals surface area contributed by atoms with E-state index < -0.39 is 0 Å². The van der Waals surface area contributed by atoms with E-state index in [9.17, 15) is 8.78 Å². The third kappa shape index (κ3) is 2.19. The Hall–Kier alpha value is -1.94. The maximum Gasteiger partial charge on any atom is 0.146 e. The summed E-state index contributed by atoms with van der Waals surface area (Å²) in [6.45, 7) is 0.0702. The summed E-state index contributed by atoms with van der Waals surface area (Å²) in [4.78, 5) is 1.60. The van der Waals surface area contributed by atoms with Crippen LogP contribution in [-0.4, -0.2) is 7.05 Å². The highest BCUT2D eigenvalue weighted by Gasteiger charge is 2.14. The van der Waals surface area contributed by atoms with Crippen LogP contribution < -0.4 is 10.6 Å². The smallest absolute Gasteiger partial charge is 0.146 e. The van der Waals surface area contributed by atoms with Crippen LogP contribution in [0.3, 0.4) is 0 Å². The highest BCUT2D eigenvalue weighted by atomic mass is 19.1. The van der Waals surface area contributed by atoms with Gasteiger partial charge in [0.25, 0.3) is 0 Å². The molecule has 0 saturated heterocycles. The Bertz CT molecular complexity index is 555. The van der Waals surface area contributed by atoms with E-state index in [0.717, 1.165) is 0 Å². The van der Waals surface area contributed by atoms with Gasteiger partial charge in [-0.25, -0.2) is 8.78 Å². The quantitative estimate of drug-likeness (QED) is 0.903. The van der Waals surface area contributed by atoms with Crippen molar-refractivity contribution < 1.29 is 8.78 Å². The summed E-state index contributed by atoms with van der Waals surface area (Å²) in [6, 6.07) is 11.0. The standard InChI is InChI=1S/C14H14F2N2/c1-18(14-7-3-2-5-12(14)16)13-8-4-6-11(15)10(13)9-17/h2-8H,9,17H2,1H3. The molecule has 0 amide bonds. The number of hydrogen-bond donors (Lipinski definition) is 1. The molecule has 94 valence electrons. The molecular weight excluding hydrogens is 234 g/mol. The summed E-state index contributed by atoms with van der Waals surface area (Å²) >= 11 is 0. The van der Waals surface area contributed by atoms with E-state index in [1.54, 1.807) is 42.3 Å². The number of benzene rings is 2. The lowest BCUT2D eigenvalue weighted by atomic mass is 10.1. The summed E-state index contributed by atoms with van der Waals surface area (Å²) in [7, 11) is 1.69. The van der Waals surface area contributed by atoms with Crippen molar-refractivity contribution in [1.29, 1.82) is 0 Å². The molecule has 0 atom stereocenters. The van der Waals surface area contributed by atoms with Gasteiger partial charge in [0.1, 0.15) is 11.6 Å². The molecule has 0 aliphatic heterocycles. The fourth-order valence-corrected chi connectivity index (χ4v) is 1.92. The number of hydrogen-bond acceptors (Lipinski definition) is 2. The Morgan fingerprint density at radius 3 is 2.22 bits per heavy atom. The van der Waals surface area contributed by atoms with E-state index in [-0.39, 0.29) is 18.2 Å². The third-order valence-corrected chi connectivity index (χ3v) is 2.87. The first-order valence-corrected chi connectivity index (χ1v) is 5.61. The van der Waals surface area contributed by atoms with Crippen molar-refractivity contribution in [2.75, 3.05) is 11.9 Å². The lowest BCUT2D eigenvalue weighted by molar-refractivity contribution is 0.609. The molecule has 0 radical (unpaired) electrons. The molecular formula is C14H14F2N2. The Morgan fingerprint density at radius 1 is 0.944 bits per heavy atom. The van der Waals surface area contributed by atoms with Gasteiger partial charge in [0.15, 0.2) is 0 Å². The maximum absolute atomic E-state index is 13.7. The molecule has 2 aromatic rings. The first-order chi connectivity index (χ1) is 8.65. The molecule has 0 spiro atoms. The summed E-state index contributed by atoms with van der Waals surface area (Å²) in [6.07, 6.45) is 0. The summed E-state index contributed by atoms with van der Waals surface area (Å²) in [5.41, 5.74) is 6.88. The molecule has 0 bridgehead atoms. The average Bonchev–Trinajstić information content (AvgIpc) is 2.38. The molecule has 2 N–H and O–H groups in total. The SMILES string of the molecule is CN(c1ccccc1F)c1cccc(F)c1CN. The molecule has 4 heteroatoms. The molecule has 0 unspecified atom stereocenters. The van der Waals surface area contributed by atoms with Crippen LogP contribution in [0, 0.1) is 11.6 Å². The monoisotopic (exact) mass is 248 g/mol. The van der Waals surface area contributed by atoms with Crippen LogP contribution in [0.1, 0.15) is 5.56 Å². The van der Waals surface area contributed by atoms with Crippen molar-refractivity contribution in [3.8, 4) is 0 Å². The minimum absolute atomic E-state index is 0.0702. The topological polar surface area (TPSA) is 29.3 Å². The maximum atomic E-state index is 13.7. The van der Waals surface area contributed by atoms with Crippen LogP contribution in [-0.2, 0) is 6.54 Å². The van der Waals surface area contributed by atoms with Crippen LogP contribution in [0.5, 0.6) is 0 Å². The highest BCUT2D eigenvalue weighted by molar-refractivity contribution is 5.66. The van der Waals surface area contributed by atoms with Gasteiger partial charge < -0.3 is 10.6 Å². The van der Waals surface area contributed by atoms with Crippen molar-refractivity contribution in [1.82, 2.24) is 0 Å². The van der Waals surface area contributed by atoms with Crippen LogP contribution >= 0.6 is 0 Å². The van der Waals surface area contributed by atoms with Crippen molar-refractivity contribution in [2.24, 2.45) is 5.73 Å². The van der Waals surface area contributed by atoms with Crippen LogP contribution in [0.4, 0.5) is 20.2 Å². The van der Waals surface area contributed by atoms with Gasteiger partial charge in [0.05, 0.1) is 5.69 Å². The molecule has 2 rings (SSSR count).